The normalized spacial score (nSPS) is 12.4. The Kier molecular flexibility index (Phi) is 18.8. The van der Waals surface area contributed by atoms with E-state index >= 15 is 0 Å². The summed E-state index contributed by atoms with van der Waals surface area (Å²) in [5.41, 5.74) is 6.97. The van der Waals surface area contributed by atoms with E-state index in [1.807, 2.05) is 100 Å². The van der Waals surface area contributed by atoms with Crippen molar-refractivity contribution in [2.75, 3.05) is 46.2 Å². The molecule has 0 saturated heterocycles. The number of amides is 4. The third-order valence-corrected chi connectivity index (χ3v) is 13.2. The third kappa shape index (κ3) is 14.2. The number of anilines is 1. The zero-order valence-electron chi connectivity index (χ0n) is 44.0. The van der Waals surface area contributed by atoms with Crippen LogP contribution < -0.4 is 41.4 Å². The zero-order valence-corrected chi connectivity index (χ0v) is 44.0. The van der Waals surface area contributed by atoms with Gasteiger partial charge in [0.15, 0.2) is 5.78 Å². The van der Waals surface area contributed by atoms with Crippen molar-refractivity contribution >= 4 is 52.0 Å². The van der Waals surface area contributed by atoms with E-state index in [1.54, 1.807) is 65.3 Å². The van der Waals surface area contributed by atoms with Gasteiger partial charge in [0.1, 0.15) is 37.6 Å². The van der Waals surface area contributed by atoms with Crippen molar-refractivity contribution in [2.24, 2.45) is 11.8 Å². The number of benzene rings is 5. The van der Waals surface area contributed by atoms with E-state index < -0.39 is 47.7 Å². The fourth-order valence-electron chi connectivity index (χ4n) is 9.07. The first-order valence-electron chi connectivity index (χ1n) is 25.5. The number of aliphatic hydroxyl groups is 1. The van der Waals surface area contributed by atoms with Crippen molar-refractivity contribution in [3.8, 4) is 22.5 Å². The van der Waals surface area contributed by atoms with Gasteiger partial charge in [0.25, 0.3) is 11.8 Å². The van der Waals surface area contributed by atoms with Crippen molar-refractivity contribution in [3.63, 3.8) is 0 Å². The van der Waals surface area contributed by atoms with Crippen LogP contribution in [0.3, 0.4) is 0 Å². The van der Waals surface area contributed by atoms with E-state index in [2.05, 4.69) is 26.3 Å². The largest absolute Gasteiger partial charge is 0.545 e. The van der Waals surface area contributed by atoms with Crippen molar-refractivity contribution in [1.82, 2.24) is 41.0 Å². The third-order valence-electron chi connectivity index (χ3n) is 13.2. The molecule has 19 nitrogen and oxygen atoms in total. The summed E-state index contributed by atoms with van der Waals surface area (Å²) in [7, 11) is 7.70. The molecule has 7 rings (SSSR count). The SMILES string of the molecule is CC(C)C[C@@H](C(=O)N[C@H](Cc1ccc(C(=O)c2ccccc2)cc1)C(=O)NCCCCc1cn(CCCNC(=O)c2ccc(-c3c4ccc(=[N+](C)C)cc-4oc4cc(N(C)C)ccc34)c(C(=O)[O-])c2)nn1)[C@@H](O)C(=O)NO. The van der Waals surface area contributed by atoms with E-state index in [1.165, 1.54) is 11.5 Å². The zero-order chi connectivity index (χ0) is 55.3. The predicted molar refractivity (Wildman–Crippen MR) is 288 cm³/mol. The molecule has 19 heteroatoms. The smallest absolute Gasteiger partial charge is 0.272 e. The lowest BCUT2D eigenvalue weighted by atomic mass is 9.89. The summed E-state index contributed by atoms with van der Waals surface area (Å²) in [5.74, 6) is -5.24. The molecule has 2 heterocycles. The Bertz CT molecular complexity index is 3290. The summed E-state index contributed by atoms with van der Waals surface area (Å²) in [4.78, 5) is 80.7. The van der Waals surface area contributed by atoms with Gasteiger partial charge in [0.05, 0.1) is 23.6 Å². The van der Waals surface area contributed by atoms with Gasteiger partial charge < -0.3 is 40.3 Å². The van der Waals surface area contributed by atoms with Crippen LogP contribution in [0.1, 0.15) is 87.4 Å². The van der Waals surface area contributed by atoms with E-state index in [4.69, 9.17) is 4.42 Å². The number of carboxylic acid groups (broad SMARTS) is 1. The van der Waals surface area contributed by atoms with Crippen LogP contribution in [0.15, 0.2) is 120 Å². The predicted octanol–water partition coefficient (Wildman–Crippen LogP) is 4.00. The quantitative estimate of drug-likeness (QED) is 0.0125. The van der Waals surface area contributed by atoms with Gasteiger partial charge in [-0.05, 0) is 79.5 Å². The molecule has 3 atom stereocenters. The number of aromatic nitrogens is 3. The van der Waals surface area contributed by atoms with E-state index in [-0.39, 0.29) is 48.8 Å². The number of rotatable bonds is 24. The molecule has 402 valence electrons. The second-order valence-electron chi connectivity index (χ2n) is 19.8. The number of carbonyl (C=O) groups excluding carboxylic acids is 6. The van der Waals surface area contributed by atoms with E-state index in [9.17, 15) is 44.2 Å². The van der Waals surface area contributed by atoms with Crippen LogP contribution in [0.2, 0.25) is 0 Å². The molecule has 0 radical (unpaired) electrons. The van der Waals surface area contributed by atoms with Gasteiger partial charge in [0, 0.05) is 103 Å². The Balaban J connectivity index is 0.926. The molecule has 77 heavy (non-hydrogen) atoms. The highest BCUT2D eigenvalue weighted by Gasteiger charge is 2.35. The average Bonchev–Trinajstić information content (AvgIpc) is 3.89. The number of carbonyl (C=O) groups is 6. The highest BCUT2D eigenvalue weighted by molar-refractivity contribution is 6.10. The number of aliphatic hydroxyl groups excluding tert-OH is 1. The first kappa shape index (κ1) is 56.2. The van der Waals surface area contributed by atoms with Gasteiger partial charge in [-0.3, -0.25) is 33.9 Å². The highest BCUT2D eigenvalue weighted by Crippen LogP contribution is 2.42. The molecule has 2 aliphatic rings. The summed E-state index contributed by atoms with van der Waals surface area (Å²) < 4.78 is 10.0. The molecule has 1 aromatic heterocycles. The maximum atomic E-state index is 13.7. The van der Waals surface area contributed by atoms with E-state index in [0.717, 1.165) is 16.7 Å². The minimum absolute atomic E-state index is 0.0376. The molecule has 1 aliphatic carbocycles. The number of unbranched alkanes of at least 4 members (excludes halogenated alkanes) is 1. The Hall–Kier alpha value is -8.55. The van der Waals surface area contributed by atoms with Crippen LogP contribution in [0.4, 0.5) is 5.69 Å². The van der Waals surface area contributed by atoms with Gasteiger partial charge in [0.2, 0.25) is 17.2 Å². The standard InChI is InChI=1S/C58H65N9O10/c1-35(2)29-47(53(69)57(73)63-76)55(71)61-48(30-36-16-18-38(19-17-36)52(68)37-13-8-7-9-14-37)56(72)60-26-11-10-15-40-34-67(64-62-40)28-12-27-59-54(70)39-20-23-43(46(31-39)58(74)75)51-44-24-21-41(65(3)4)32-49(44)77-50-33-42(66(5)6)22-25-45(50)51/h7-9,13-14,16-25,31-35,47-48,53,69H,10-12,15,26-30H2,1-6H3,(H5-,59,60,61,62,63,64,70,71,72,73,74,75,76)/t47-,48-,53-/m1/s1. The fraction of sp³-hybridized carbons (Fsp3) is 0.328. The van der Waals surface area contributed by atoms with Crippen LogP contribution in [0, 0.1) is 11.8 Å². The summed E-state index contributed by atoms with van der Waals surface area (Å²) in [6.07, 6.45) is 2.31. The second-order valence-corrected chi connectivity index (χ2v) is 19.8. The maximum Gasteiger partial charge on any atom is 0.272 e. The number of fused-ring (bicyclic) bond motifs is 2. The lowest BCUT2D eigenvalue weighted by molar-refractivity contribution is -0.255. The Morgan fingerprint density at radius 2 is 1.48 bits per heavy atom. The Morgan fingerprint density at radius 1 is 0.779 bits per heavy atom. The number of carboxylic acids is 1. The fourth-order valence-corrected chi connectivity index (χ4v) is 9.07. The first-order valence-corrected chi connectivity index (χ1v) is 25.5. The molecule has 0 fully saturated rings. The lowest BCUT2D eigenvalue weighted by Gasteiger charge is -2.26. The summed E-state index contributed by atoms with van der Waals surface area (Å²) in [5, 5.41) is 51.2. The molecule has 0 spiro atoms. The number of aromatic carboxylic acids is 1. The van der Waals surface area contributed by atoms with Crippen LogP contribution in [0.5, 0.6) is 0 Å². The number of aryl methyl sites for hydroxylation is 2. The van der Waals surface area contributed by atoms with Gasteiger partial charge in [-0.2, -0.15) is 0 Å². The number of hydroxylamine groups is 1. The molecular weight excluding hydrogens is 983 g/mol. The molecule has 4 amide bonds. The molecule has 0 saturated carbocycles. The van der Waals surface area contributed by atoms with Crippen molar-refractivity contribution < 1.29 is 48.6 Å². The summed E-state index contributed by atoms with van der Waals surface area (Å²) >= 11 is 0. The first-order chi connectivity index (χ1) is 36.9. The summed E-state index contributed by atoms with van der Waals surface area (Å²) in [6.45, 7) is 4.59. The van der Waals surface area contributed by atoms with Crippen LogP contribution >= 0.6 is 0 Å². The topological polar surface area (TPSA) is 264 Å². The molecular formula is C58H65N9O10. The average molecular weight is 1050 g/mol. The van der Waals surface area contributed by atoms with Crippen LogP contribution in [-0.4, -0.2) is 114 Å². The molecule has 5 aromatic rings. The minimum atomic E-state index is -1.87. The number of nitrogens with one attached hydrogen (secondary N) is 4. The van der Waals surface area contributed by atoms with Crippen molar-refractivity contribution in [1.29, 1.82) is 0 Å². The van der Waals surface area contributed by atoms with Crippen LogP contribution in [0.25, 0.3) is 33.4 Å². The Morgan fingerprint density at radius 3 is 2.17 bits per heavy atom. The minimum Gasteiger partial charge on any atom is -0.545 e. The number of hydrogen-bond acceptors (Lipinski definition) is 13. The van der Waals surface area contributed by atoms with E-state index in [0.29, 0.717) is 82.3 Å². The van der Waals surface area contributed by atoms with Gasteiger partial charge in [-0.15, -0.1) is 5.10 Å². The molecule has 0 unspecified atom stereocenters. The number of nitrogens with zero attached hydrogens (tertiary/aromatic N) is 5. The molecule has 4 aromatic carbocycles. The Labute approximate surface area is 445 Å². The van der Waals surface area contributed by atoms with Crippen molar-refractivity contribution in [2.45, 2.75) is 71.1 Å². The summed E-state index contributed by atoms with van der Waals surface area (Å²) in [6, 6.07) is 30.5. The maximum absolute atomic E-state index is 13.7. The van der Waals surface area contributed by atoms with Crippen molar-refractivity contribution in [3.05, 3.63) is 154 Å². The number of ketones is 1. The monoisotopic (exact) mass is 1050 g/mol. The molecule has 6 N–H and O–H groups in total. The van der Waals surface area contributed by atoms with Gasteiger partial charge in [-0.1, -0.05) is 79.7 Å². The highest BCUT2D eigenvalue weighted by atomic mass is 16.5. The number of hydrogen-bond donors (Lipinski definition) is 6. The molecule has 1 aliphatic heterocycles. The van der Waals surface area contributed by atoms with Gasteiger partial charge >= 0.3 is 0 Å². The van der Waals surface area contributed by atoms with Crippen LogP contribution in [-0.2, 0) is 33.8 Å². The lowest BCUT2D eigenvalue weighted by Crippen LogP contribution is -2.53. The molecule has 0 bridgehead atoms. The second kappa shape index (κ2) is 25.8. The van der Waals surface area contributed by atoms with Gasteiger partial charge in [-0.25, -0.2) is 10.1 Å².